The lowest BCUT2D eigenvalue weighted by Crippen LogP contribution is -2.20. The molecule has 0 aliphatic carbocycles. The first-order chi connectivity index (χ1) is 9.13. The van der Waals surface area contributed by atoms with Gasteiger partial charge in [0, 0.05) is 12.2 Å². The lowest BCUT2D eigenvalue weighted by molar-refractivity contribution is 0.968. The summed E-state index contributed by atoms with van der Waals surface area (Å²) in [6.07, 6.45) is 3.31. The Morgan fingerprint density at radius 3 is 2.53 bits per heavy atom. The molecule has 1 aromatic carbocycles. The molecule has 0 radical (unpaired) electrons. The quantitative estimate of drug-likeness (QED) is 0.867. The van der Waals surface area contributed by atoms with Crippen LogP contribution in [-0.2, 0) is 0 Å². The van der Waals surface area contributed by atoms with Gasteiger partial charge in [-0.1, -0.05) is 30.4 Å². The van der Waals surface area contributed by atoms with E-state index in [0.29, 0.717) is 5.69 Å². The van der Waals surface area contributed by atoms with Gasteiger partial charge >= 0.3 is 0 Å². The van der Waals surface area contributed by atoms with Crippen molar-refractivity contribution in [3.05, 3.63) is 47.9 Å². The maximum Gasteiger partial charge on any atom is 0.151 e. The third-order valence-corrected chi connectivity index (χ3v) is 3.10. The van der Waals surface area contributed by atoms with Crippen molar-refractivity contribution >= 4 is 28.7 Å². The second kappa shape index (κ2) is 5.75. The SMILES string of the molecule is CCN(c1cnc(C(N)=S)cn1)c1ccccc1C. The lowest BCUT2D eigenvalue weighted by atomic mass is 10.2. The Morgan fingerprint density at radius 1 is 1.26 bits per heavy atom. The lowest BCUT2D eigenvalue weighted by Gasteiger charge is -2.23. The van der Waals surface area contributed by atoms with Crippen LogP contribution >= 0.6 is 12.2 Å². The summed E-state index contributed by atoms with van der Waals surface area (Å²) in [5, 5.41) is 0. The van der Waals surface area contributed by atoms with Gasteiger partial charge in [0.1, 0.15) is 10.7 Å². The third kappa shape index (κ3) is 2.88. The predicted octanol–water partition coefficient (Wildman–Crippen LogP) is 2.58. The number of rotatable bonds is 4. The molecular formula is C14H16N4S. The first kappa shape index (κ1) is 13.4. The second-order valence-electron chi connectivity index (χ2n) is 4.15. The minimum atomic E-state index is 0.262. The van der Waals surface area contributed by atoms with Gasteiger partial charge in [0.05, 0.1) is 12.4 Å². The highest BCUT2D eigenvalue weighted by molar-refractivity contribution is 7.80. The van der Waals surface area contributed by atoms with Crippen molar-refractivity contribution in [1.29, 1.82) is 0 Å². The molecule has 1 heterocycles. The first-order valence-electron chi connectivity index (χ1n) is 6.08. The molecule has 0 saturated carbocycles. The molecule has 0 aliphatic rings. The van der Waals surface area contributed by atoms with Crippen LogP contribution in [0.2, 0.25) is 0 Å². The molecule has 19 heavy (non-hydrogen) atoms. The summed E-state index contributed by atoms with van der Waals surface area (Å²) in [5.74, 6) is 0.789. The number of nitrogens with two attached hydrogens (primary N) is 1. The van der Waals surface area contributed by atoms with E-state index in [1.165, 1.54) is 5.56 Å². The standard InChI is InChI=1S/C14H16N4S/c1-3-18(12-7-5-4-6-10(12)2)13-9-16-11(8-17-13)14(15)19/h4-9H,3H2,1-2H3,(H2,15,19). The van der Waals surface area contributed by atoms with Crippen molar-refractivity contribution in [3.8, 4) is 0 Å². The number of para-hydroxylation sites is 1. The molecule has 2 N–H and O–H groups in total. The Morgan fingerprint density at radius 2 is 2.00 bits per heavy atom. The molecule has 5 heteroatoms. The smallest absolute Gasteiger partial charge is 0.151 e. The second-order valence-corrected chi connectivity index (χ2v) is 4.59. The van der Waals surface area contributed by atoms with Gasteiger partial charge in [-0.3, -0.25) is 0 Å². The van der Waals surface area contributed by atoms with Crippen LogP contribution in [0.1, 0.15) is 18.2 Å². The highest BCUT2D eigenvalue weighted by Gasteiger charge is 2.11. The van der Waals surface area contributed by atoms with E-state index in [4.69, 9.17) is 18.0 Å². The van der Waals surface area contributed by atoms with Crippen LogP contribution in [0.25, 0.3) is 0 Å². The van der Waals surface area contributed by atoms with Crippen LogP contribution in [0.4, 0.5) is 11.5 Å². The third-order valence-electron chi connectivity index (χ3n) is 2.89. The Balaban J connectivity index is 2.37. The Kier molecular flexibility index (Phi) is 4.06. The maximum atomic E-state index is 5.52. The molecular weight excluding hydrogens is 256 g/mol. The Hall–Kier alpha value is -2.01. The maximum absolute atomic E-state index is 5.52. The average molecular weight is 272 g/mol. The van der Waals surface area contributed by atoms with Crippen LogP contribution in [0.3, 0.4) is 0 Å². The van der Waals surface area contributed by atoms with Crippen LogP contribution in [0, 0.1) is 6.92 Å². The van der Waals surface area contributed by atoms with E-state index >= 15 is 0 Å². The Bertz CT molecular complexity index is 580. The average Bonchev–Trinajstić information content (AvgIpc) is 2.42. The van der Waals surface area contributed by atoms with Crippen LogP contribution in [0.15, 0.2) is 36.7 Å². The van der Waals surface area contributed by atoms with Crippen molar-refractivity contribution < 1.29 is 0 Å². The van der Waals surface area contributed by atoms with Crippen LogP contribution in [-0.4, -0.2) is 21.5 Å². The largest absolute Gasteiger partial charge is 0.388 e. The summed E-state index contributed by atoms with van der Waals surface area (Å²) in [7, 11) is 0. The van der Waals surface area contributed by atoms with Crippen molar-refractivity contribution in [2.24, 2.45) is 5.73 Å². The van der Waals surface area contributed by atoms with Crippen molar-refractivity contribution in [2.75, 3.05) is 11.4 Å². The Labute approximate surface area is 118 Å². The van der Waals surface area contributed by atoms with E-state index in [2.05, 4.69) is 40.8 Å². The summed E-state index contributed by atoms with van der Waals surface area (Å²) < 4.78 is 0. The molecule has 0 aliphatic heterocycles. The minimum Gasteiger partial charge on any atom is -0.388 e. The molecule has 2 rings (SSSR count). The van der Waals surface area contributed by atoms with E-state index in [1.807, 2.05) is 12.1 Å². The molecule has 0 fully saturated rings. The molecule has 0 saturated heterocycles. The van der Waals surface area contributed by atoms with E-state index in [1.54, 1.807) is 12.4 Å². The molecule has 0 amide bonds. The number of nitrogens with zero attached hydrogens (tertiary/aromatic N) is 3. The van der Waals surface area contributed by atoms with E-state index in [0.717, 1.165) is 18.1 Å². The van der Waals surface area contributed by atoms with E-state index < -0.39 is 0 Å². The van der Waals surface area contributed by atoms with Gasteiger partial charge in [-0.15, -0.1) is 0 Å². The summed E-state index contributed by atoms with van der Waals surface area (Å²) in [6.45, 7) is 4.97. The zero-order valence-electron chi connectivity index (χ0n) is 11.0. The first-order valence-corrected chi connectivity index (χ1v) is 6.49. The van der Waals surface area contributed by atoms with Gasteiger partial charge in [0.15, 0.2) is 5.82 Å². The van der Waals surface area contributed by atoms with Gasteiger partial charge in [-0.25, -0.2) is 9.97 Å². The summed E-state index contributed by atoms with van der Waals surface area (Å²) in [6, 6.07) is 8.19. The van der Waals surface area contributed by atoms with E-state index in [9.17, 15) is 0 Å². The number of anilines is 2. The highest BCUT2D eigenvalue weighted by atomic mass is 32.1. The number of hydrogen-bond acceptors (Lipinski definition) is 4. The molecule has 0 unspecified atom stereocenters. The summed E-state index contributed by atoms with van der Waals surface area (Å²) in [5.41, 5.74) is 8.39. The monoisotopic (exact) mass is 272 g/mol. The number of aryl methyl sites for hydroxylation is 1. The van der Waals surface area contributed by atoms with Gasteiger partial charge in [0.25, 0.3) is 0 Å². The zero-order valence-corrected chi connectivity index (χ0v) is 11.8. The number of benzene rings is 1. The fourth-order valence-electron chi connectivity index (χ4n) is 1.91. The molecule has 98 valence electrons. The summed E-state index contributed by atoms with van der Waals surface area (Å²) >= 11 is 4.88. The van der Waals surface area contributed by atoms with Crippen LogP contribution < -0.4 is 10.6 Å². The predicted molar refractivity (Wildman–Crippen MR) is 81.8 cm³/mol. The van der Waals surface area contributed by atoms with Crippen molar-refractivity contribution in [3.63, 3.8) is 0 Å². The molecule has 0 atom stereocenters. The van der Waals surface area contributed by atoms with Gasteiger partial charge in [-0.2, -0.15) is 0 Å². The number of aromatic nitrogens is 2. The number of hydrogen-bond donors (Lipinski definition) is 1. The molecule has 0 bridgehead atoms. The summed E-state index contributed by atoms with van der Waals surface area (Å²) in [4.78, 5) is 11.0. The fourth-order valence-corrected chi connectivity index (χ4v) is 2.02. The molecule has 4 nitrogen and oxygen atoms in total. The van der Waals surface area contributed by atoms with Crippen molar-refractivity contribution in [1.82, 2.24) is 9.97 Å². The zero-order chi connectivity index (χ0) is 13.8. The molecule has 0 spiro atoms. The topological polar surface area (TPSA) is 55.0 Å². The minimum absolute atomic E-state index is 0.262. The van der Waals surface area contributed by atoms with Crippen LogP contribution in [0.5, 0.6) is 0 Å². The molecule has 2 aromatic rings. The van der Waals surface area contributed by atoms with Gasteiger partial charge in [-0.05, 0) is 25.5 Å². The fraction of sp³-hybridized carbons (Fsp3) is 0.214. The van der Waals surface area contributed by atoms with Crippen molar-refractivity contribution in [2.45, 2.75) is 13.8 Å². The normalized spacial score (nSPS) is 10.2. The molecule has 1 aromatic heterocycles. The van der Waals surface area contributed by atoms with Gasteiger partial charge < -0.3 is 10.6 Å². The highest BCUT2D eigenvalue weighted by Crippen LogP contribution is 2.25. The van der Waals surface area contributed by atoms with Gasteiger partial charge in [0.2, 0.25) is 0 Å². The van der Waals surface area contributed by atoms with E-state index in [-0.39, 0.29) is 4.99 Å². The number of thiocarbonyl (C=S) groups is 1.